The van der Waals surface area contributed by atoms with E-state index < -0.39 is 5.97 Å². The fraction of sp³-hybridized carbons (Fsp3) is 0.222. The molecule has 0 saturated carbocycles. The molecule has 4 nitrogen and oxygen atoms in total. The lowest BCUT2D eigenvalue weighted by molar-refractivity contribution is -0.144. The zero-order valence-corrected chi connectivity index (χ0v) is 12.7. The summed E-state index contributed by atoms with van der Waals surface area (Å²) < 4.78 is 9.93. The van der Waals surface area contributed by atoms with E-state index in [9.17, 15) is 9.59 Å². The smallest absolute Gasteiger partial charge is 0.337 e. The lowest BCUT2D eigenvalue weighted by Crippen LogP contribution is -2.09. The minimum Gasteiger partial charge on any atom is -0.465 e. The second kappa shape index (κ2) is 7.41. The standard InChI is InChI=1S/C18H18O4/c1-13-6-3-4-8-15(13)11-17(19)22-12-14-7-5-9-16(10-14)18(20)21-2/h3-10H,11-12H2,1-2H3. The Labute approximate surface area is 129 Å². The number of rotatable bonds is 5. The van der Waals surface area contributed by atoms with Gasteiger partial charge in [0, 0.05) is 0 Å². The first kappa shape index (κ1) is 15.8. The number of ether oxygens (including phenoxy) is 2. The van der Waals surface area contributed by atoms with Crippen molar-refractivity contribution in [2.24, 2.45) is 0 Å². The number of carbonyl (C=O) groups excluding carboxylic acids is 2. The summed E-state index contributed by atoms with van der Waals surface area (Å²) in [6.45, 7) is 2.10. The Morgan fingerprint density at radius 2 is 1.82 bits per heavy atom. The summed E-state index contributed by atoms with van der Waals surface area (Å²) in [5, 5.41) is 0. The van der Waals surface area contributed by atoms with E-state index in [4.69, 9.17) is 4.74 Å². The van der Waals surface area contributed by atoms with Crippen LogP contribution in [0.25, 0.3) is 0 Å². The van der Waals surface area contributed by atoms with Crippen LogP contribution in [0.1, 0.15) is 27.0 Å². The van der Waals surface area contributed by atoms with E-state index in [-0.39, 0.29) is 19.0 Å². The maximum absolute atomic E-state index is 11.9. The highest BCUT2D eigenvalue weighted by Crippen LogP contribution is 2.11. The zero-order chi connectivity index (χ0) is 15.9. The van der Waals surface area contributed by atoms with Crippen LogP contribution in [0, 0.1) is 6.92 Å². The summed E-state index contributed by atoms with van der Waals surface area (Å²) in [5.74, 6) is -0.703. The highest BCUT2D eigenvalue weighted by molar-refractivity contribution is 5.89. The third kappa shape index (κ3) is 4.19. The van der Waals surface area contributed by atoms with Crippen molar-refractivity contribution in [1.29, 1.82) is 0 Å². The minimum atomic E-state index is -0.409. The van der Waals surface area contributed by atoms with Crippen molar-refractivity contribution in [2.75, 3.05) is 7.11 Å². The molecule has 22 heavy (non-hydrogen) atoms. The van der Waals surface area contributed by atoms with E-state index in [1.165, 1.54) is 7.11 Å². The Morgan fingerprint density at radius 3 is 2.55 bits per heavy atom. The highest BCUT2D eigenvalue weighted by Gasteiger charge is 2.09. The average Bonchev–Trinajstić information content (AvgIpc) is 2.54. The van der Waals surface area contributed by atoms with Gasteiger partial charge in [-0.3, -0.25) is 4.79 Å². The molecule has 4 heteroatoms. The van der Waals surface area contributed by atoms with E-state index in [1.807, 2.05) is 31.2 Å². The van der Waals surface area contributed by atoms with Crippen molar-refractivity contribution < 1.29 is 19.1 Å². The average molecular weight is 298 g/mol. The largest absolute Gasteiger partial charge is 0.465 e. The van der Waals surface area contributed by atoms with Crippen molar-refractivity contribution in [3.8, 4) is 0 Å². The van der Waals surface area contributed by atoms with Gasteiger partial charge < -0.3 is 9.47 Å². The molecule has 0 saturated heterocycles. The van der Waals surface area contributed by atoms with Gasteiger partial charge in [-0.25, -0.2) is 4.79 Å². The van der Waals surface area contributed by atoms with Crippen LogP contribution < -0.4 is 0 Å². The lowest BCUT2D eigenvalue weighted by atomic mass is 10.1. The molecule has 0 aliphatic rings. The van der Waals surface area contributed by atoms with Gasteiger partial charge in [0.2, 0.25) is 0 Å². The fourth-order valence-electron chi connectivity index (χ4n) is 2.08. The van der Waals surface area contributed by atoms with Crippen LogP contribution in [0.4, 0.5) is 0 Å². The third-order valence-corrected chi connectivity index (χ3v) is 3.34. The first-order valence-electron chi connectivity index (χ1n) is 6.97. The number of hydrogen-bond donors (Lipinski definition) is 0. The predicted molar refractivity (Wildman–Crippen MR) is 82.5 cm³/mol. The van der Waals surface area contributed by atoms with Crippen molar-refractivity contribution in [3.63, 3.8) is 0 Å². The van der Waals surface area contributed by atoms with Gasteiger partial charge >= 0.3 is 11.9 Å². The second-order valence-electron chi connectivity index (χ2n) is 4.96. The normalized spacial score (nSPS) is 10.1. The molecule has 0 bridgehead atoms. The summed E-state index contributed by atoms with van der Waals surface area (Å²) in [7, 11) is 1.33. The van der Waals surface area contributed by atoms with Gasteiger partial charge in [0.1, 0.15) is 6.61 Å². The zero-order valence-electron chi connectivity index (χ0n) is 12.7. The van der Waals surface area contributed by atoms with Crippen LogP contribution in [0.15, 0.2) is 48.5 Å². The molecule has 0 unspecified atom stereocenters. The Kier molecular flexibility index (Phi) is 5.31. The molecular weight excluding hydrogens is 280 g/mol. The SMILES string of the molecule is COC(=O)c1cccc(COC(=O)Cc2ccccc2C)c1. The van der Waals surface area contributed by atoms with Crippen molar-refractivity contribution >= 4 is 11.9 Å². The summed E-state index contributed by atoms with van der Waals surface area (Å²) >= 11 is 0. The topological polar surface area (TPSA) is 52.6 Å². The Bertz CT molecular complexity index is 676. The molecular formula is C18H18O4. The lowest BCUT2D eigenvalue weighted by Gasteiger charge is -2.08. The van der Waals surface area contributed by atoms with Crippen LogP contribution >= 0.6 is 0 Å². The Hall–Kier alpha value is -2.62. The van der Waals surface area contributed by atoms with Crippen LogP contribution in [0.3, 0.4) is 0 Å². The summed E-state index contributed by atoms with van der Waals surface area (Å²) in [4.78, 5) is 23.4. The molecule has 114 valence electrons. The molecule has 0 aliphatic carbocycles. The quantitative estimate of drug-likeness (QED) is 0.796. The van der Waals surface area contributed by atoms with Gasteiger partial charge in [-0.2, -0.15) is 0 Å². The summed E-state index contributed by atoms with van der Waals surface area (Å²) in [5.41, 5.74) is 3.21. The molecule has 0 atom stereocenters. The Morgan fingerprint density at radius 1 is 1.05 bits per heavy atom. The minimum absolute atomic E-state index is 0.134. The van der Waals surface area contributed by atoms with Crippen LogP contribution in [-0.2, 0) is 27.3 Å². The van der Waals surface area contributed by atoms with E-state index in [0.29, 0.717) is 5.56 Å². The number of esters is 2. The van der Waals surface area contributed by atoms with Gasteiger partial charge in [-0.15, -0.1) is 0 Å². The van der Waals surface area contributed by atoms with Gasteiger partial charge in [0.25, 0.3) is 0 Å². The number of benzene rings is 2. The number of methoxy groups -OCH3 is 1. The monoisotopic (exact) mass is 298 g/mol. The van der Waals surface area contributed by atoms with Gasteiger partial charge in [-0.05, 0) is 35.7 Å². The van der Waals surface area contributed by atoms with E-state index in [0.717, 1.165) is 16.7 Å². The van der Waals surface area contributed by atoms with Crippen LogP contribution in [-0.4, -0.2) is 19.0 Å². The molecule has 2 aromatic carbocycles. The molecule has 0 spiro atoms. The Balaban J connectivity index is 1.94. The maximum Gasteiger partial charge on any atom is 0.337 e. The van der Waals surface area contributed by atoms with Gasteiger partial charge in [-0.1, -0.05) is 36.4 Å². The van der Waals surface area contributed by atoms with Crippen molar-refractivity contribution in [2.45, 2.75) is 20.0 Å². The van der Waals surface area contributed by atoms with Crippen molar-refractivity contribution in [1.82, 2.24) is 0 Å². The molecule has 0 N–H and O–H groups in total. The molecule has 0 radical (unpaired) electrons. The third-order valence-electron chi connectivity index (χ3n) is 3.34. The predicted octanol–water partition coefficient (Wildman–Crippen LogP) is 3.07. The number of carbonyl (C=O) groups is 2. The molecule has 0 fully saturated rings. The number of aryl methyl sites for hydroxylation is 1. The number of hydrogen-bond acceptors (Lipinski definition) is 4. The van der Waals surface area contributed by atoms with E-state index >= 15 is 0 Å². The van der Waals surface area contributed by atoms with Gasteiger partial charge in [0.15, 0.2) is 0 Å². The molecule has 0 heterocycles. The first-order valence-corrected chi connectivity index (χ1v) is 6.97. The molecule has 0 aliphatic heterocycles. The first-order chi connectivity index (χ1) is 10.6. The van der Waals surface area contributed by atoms with Crippen LogP contribution in [0.2, 0.25) is 0 Å². The molecule has 0 aromatic heterocycles. The summed E-state index contributed by atoms with van der Waals surface area (Å²) in [6, 6.07) is 14.6. The fourth-order valence-corrected chi connectivity index (χ4v) is 2.08. The second-order valence-corrected chi connectivity index (χ2v) is 4.96. The summed E-state index contributed by atoms with van der Waals surface area (Å²) in [6.07, 6.45) is 0.239. The van der Waals surface area contributed by atoms with Gasteiger partial charge in [0.05, 0.1) is 19.1 Å². The molecule has 2 aromatic rings. The maximum atomic E-state index is 11.9. The van der Waals surface area contributed by atoms with Crippen LogP contribution in [0.5, 0.6) is 0 Å². The highest BCUT2D eigenvalue weighted by atomic mass is 16.5. The molecule has 2 rings (SSSR count). The molecule has 0 amide bonds. The van der Waals surface area contributed by atoms with E-state index in [2.05, 4.69) is 4.74 Å². The van der Waals surface area contributed by atoms with Crippen molar-refractivity contribution in [3.05, 3.63) is 70.8 Å². The van der Waals surface area contributed by atoms with E-state index in [1.54, 1.807) is 24.3 Å².